The lowest BCUT2D eigenvalue weighted by molar-refractivity contribution is -0.161. The zero-order valence-electron chi connectivity index (χ0n) is 4.65. The van der Waals surface area contributed by atoms with Gasteiger partial charge in [-0.05, 0) is 0 Å². The monoisotopic (exact) mass is 136 g/mol. The Morgan fingerprint density at radius 3 is 2.56 bits per heavy atom. The van der Waals surface area contributed by atoms with Crippen LogP contribution in [0.3, 0.4) is 0 Å². The van der Waals surface area contributed by atoms with Gasteiger partial charge in [-0.1, -0.05) is 0 Å². The fraction of sp³-hybridized carbons (Fsp3) is 0.750. The summed E-state index contributed by atoms with van der Waals surface area (Å²) in [5.74, 6) is -1.18. The van der Waals surface area contributed by atoms with Crippen LogP contribution < -0.4 is 0 Å². The zero-order chi connectivity index (χ0) is 7.28. The summed E-state index contributed by atoms with van der Waals surface area (Å²) in [5, 5.41) is 24.4. The first-order valence-corrected chi connectivity index (χ1v) is 2.29. The van der Waals surface area contributed by atoms with E-state index in [-0.39, 0.29) is 0 Å². The van der Waals surface area contributed by atoms with E-state index in [1.54, 1.807) is 0 Å². The summed E-state index contributed by atoms with van der Waals surface area (Å²) in [4.78, 5) is 9.70. The number of hydrogen-bond acceptors (Lipinski definition) is 4. The molecule has 0 spiro atoms. The molecule has 5 nitrogen and oxygen atoms in total. The largest absolute Gasteiger partial charge is 0.480 e. The highest BCUT2D eigenvalue weighted by Gasteiger charge is 2.03. The molecular formula is C4H8O5. The van der Waals surface area contributed by atoms with E-state index in [0.29, 0.717) is 0 Å². The van der Waals surface area contributed by atoms with Gasteiger partial charge in [-0.25, -0.2) is 4.79 Å². The Kier molecular flexibility index (Phi) is 3.94. The van der Waals surface area contributed by atoms with Crippen molar-refractivity contribution in [2.75, 3.05) is 13.2 Å². The van der Waals surface area contributed by atoms with Gasteiger partial charge in [0.15, 0.2) is 6.29 Å². The van der Waals surface area contributed by atoms with Gasteiger partial charge in [0.25, 0.3) is 0 Å². The van der Waals surface area contributed by atoms with Crippen molar-refractivity contribution in [2.45, 2.75) is 6.29 Å². The van der Waals surface area contributed by atoms with E-state index in [4.69, 9.17) is 15.3 Å². The molecule has 3 N–H and O–H groups in total. The van der Waals surface area contributed by atoms with Crippen molar-refractivity contribution in [3.05, 3.63) is 0 Å². The highest BCUT2D eigenvalue weighted by Crippen LogP contribution is 1.82. The molecule has 0 bridgehead atoms. The van der Waals surface area contributed by atoms with Gasteiger partial charge in [0, 0.05) is 0 Å². The molecule has 1 unspecified atom stereocenters. The third-order valence-corrected chi connectivity index (χ3v) is 0.555. The average Bonchev–Trinajstić information content (AvgIpc) is 1.83. The summed E-state index contributed by atoms with van der Waals surface area (Å²) in [6.45, 7) is -1.19. The standard InChI is InChI=1S/C4H8O5/c5-1-4(8)9-2-3(6)7/h4-5,8H,1-2H2,(H,6,7). The van der Waals surface area contributed by atoms with Crippen LogP contribution in [-0.4, -0.2) is 40.8 Å². The lowest BCUT2D eigenvalue weighted by atomic mass is 10.6. The Bertz CT molecular complexity index is 91.0. The second-order valence-electron chi connectivity index (χ2n) is 1.34. The molecule has 0 saturated heterocycles. The van der Waals surface area contributed by atoms with E-state index >= 15 is 0 Å². The Morgan fingerprint density at radius 1 is 1.67 bits per heavy atom. The summed E-state index contributed by atoms with van der Waals surface area (Å²) in [6.07, 6.45) is -1.39. The van der Waals surface area contributed by atoms with Crippen molar-refractivity contribution in [2.24, 2.45) is 0 Å². The number of rotatable bonds is 4. The minimum atomic E-state index is -1.39. The molecule has 9 heavy (non-hydrogen) atoms. The number of hydrogen-bond donors (Lipinski definition) is 3. The molecule has 0 aliphatic carbocycles. The van der Waals surface area contributed by atoms with Crippen molar-refractivity contribution in [3.63, 3.8) is 0 Å². The second-order valence-corrected chi connectivity index (χ2v) is 1.34. The molecule has 0 heterocycles. The van der Waals surface area contributed by atoms with Crippen LogP contribution in [0.5, 0.6) is 0 Å². The van der Waals surface area contributed by atoms with E-state index in [1.807, 2.05) is 0 Å². The Morgan fingerprint density at radius 2 is 2.22 bits per heavy atom. The summed E-state index contributed by atoms with van der Waals surface area (Å²) in [6, 6.07) is 0. The number of carbonyl (C=O) groups is 1. The van der Waals surface area contributed by atoms with E-state index in [0.717, 1.165) is 0 Å². The highest BCUT2D eigenvalue weighted by molar-refractivity contribution is 5.67. The van der Waals surface area contributed by atoms with Gasteiger partial charge < -0.3 is 20.1 Å². The Labute approximate surface area is 51.5 Å². The van der Waals surface area contributed by atoms with Gasteiger partial charge in [-0.2, -0.15) is 0 Å². The van der Waals surface area contributed by atoms with Crippen molar-refractivity contribution in [1.82, 2.24) is 0 Å². The molecule has 0 rings (SSSR count). The number of aliphatic hydroxyl groups excluding tert-OH is 2. The van der Waals surface area contributed by atoms with Crippen molar-refractivity contribution < 1.29 is 24.9 Å². The maximum Gasteiger partial charge on any atom is 0.329 e. The summed E-state index contributed by atoms with van der Waals surface area (Å²) >= 11 is 0. The number of ether oxygens (including phenoxy) is 1. The van der Waals surface area contributed by atoms with Crippen LogP contribution in [-0.2, 0) is 9.53 Å². The maximum atomic E-state index is 9.70. The minimum Gasteiger partial charge on any atom is -0.480 e. The third kappa shape index (κ3) is 5.22. The molecule has 0 amide bonds. The van der Waals surface area contributed by atoms with Gasteiger partial charge in [-0.3, -0.25) is 0 Å². The zero-order valence-corrected chi connectivity index (χ0v) is 4.65. The van der Waals surface area contributed by atoms with Crippen LogP contribution >= 0.6 is 0 Å². The van der Waals surface area contributed by atoms with E-state index in [2.05, 4.69) is 4.74 Å². The predicted octanol–water partition coefficient (Wildman–Crippen LogP) is -1.60. The second kappa shape index (κ2) is 4.25. The molecule has 0 aromatic heterocycles. The average molecular weight is 136 g/mol. The van der Waals surface area contributed by atoms with Crippen LogP contribution in [0.2, 0.25) is 0 Å². The fourth-order valence-corrected chi connectivity index (χ4v) is 0.220. The van der Waals surface area contributed by atoms with Crippen molar-refractivity contribution >= 4 is 5.97 Å². The van der Waals surface area contributed by atoms with Gasteiger partial charge in [0.1, 0.15) is 6.61 Å². The molecule has 0 aliphatic rings. The third-order valence-electron chi connectivity index (χ3n) is 0.555. The Hall–Kier alpha value is -0.650. The molecule has 1 atom stereocenters. The number of aliphatic carboxylic acids is 1. The smallest absolute Gasteiger partial charge is 0.329 e. The van der Waals surface area contributed by atoms with Gasteiger partial charge in [0.05, 0.1) is 6.61 Å². The normalized spacial score (nSPS) is 13.1. The molecule has 5 heteroatoms. The predicted molar refractivity (Wildman–Crippen MR) is 26.7 cm³/mol. The molecule has 0 saturated carbocycles. The van der Waals surface area contributed by atoms with Crippen LogP contribution in [0.25, 0.3) is 0 Å². The molecule has 0 fully saturated rings. The van der Waals surface area contributed by atoms with Crippen molar-refractivity contribution in [3.8, 4) is 0 Å². The number of carboxylic acid groups (broad SMARTS) is 1. The first-order valence-electron chi connectivity index (χ1n) is 2.29. The summed E-state index contributed by atoms with van der Waals surface area (Å²) < 4.78 is 4.16. The molecule has 0 radical (unpaired) electrons. The SMILES string of the molecule is O=C(O)COC(O)CO. The minimum absolute atomic E-state index is 0.590. The molecule has 0 aromatic carbocycles. The lowest BCUT2D eigenvalue weighted by Gasteiger charge is -2.04. The fourth-order valence-electron chi connectivity index (χ4n) is 0.220. The van der Waals surface area contributed by atoms with Gasteiger partial charge in [-0.15, -0.1) is 0 Å². The van der Waals surface area contributed by atoms with Crippen LogP contribution in [0.15, 0.2) is 0 Å². The maximum absolute atomic E-state index is 9.70. The summed E-state index contributed by atoms with van der Waals surface area (Å²) in [7, 11) is 0. The molecule has 54 valence electrons. The van der Waals surface area contributed by atoms with E-state index in [1.165, 1.54) is 0 Å². The van der Waals surface area contributed by atoms with E-state index in [9.17, 15) is 4.79 Å². The van der Waals surface area contributed by atoms with Crippen LogP contribution in [0, 0.1) is 0 Å². The van der Waals surface area contributed by atoms with Crippen molar-refractivity contribution in [1.29, 1.82) is 0 Å². The number of carboxylic acids is 1. The summed E-state index contributed by atoms with van der Waals surface area (Å²) in [5.41, 5.74) is 0. The lowest BCUT2D eigenvalue weighted by Crippen LogP contribution is -2.20. The molecule has 0 aromatic rings. The molecule has 0 aliphatic heterocycles. The number of aliphatic hydroxyl groups is 2. The Balaban J connectivity index is 3.16. The van der Waals surface area contributed by atoms with Gasteiger partial charge >= 0.3 is 5.97 Å². The molecular weight excluding hydrogens is 128 g/mol. The van der Waals surface area contributed by atoms with Crippen LogP contribution in [0.4, 0.5) is 0 Å². The van der Waals surface area contributed by atoms with Crippen LogP contribution in [0.1, 0.15) is 0 Å². The first kappa shape index (κ1) is 8.35. The van der Waals surface area contributed by atoms with E-state index < -0.39 is 25.5 Å². The quantitative estimate of drug-likeness (QED) is 0.405. The van der Waals surface area contributed by atoms with Gasteiger partial charge in [0.2, 0.25) is 0 Å². The first-order chi connectivity index (χ1) is 4.16. The topological polar surface area (TPSA) is 87.0 Å². The highest BCUT2D eigenvalue weighted by atomic mass is 16.6.